The third-order valence-corrected chi connectivity index (χ3v) is 3.28. The monoisotopic (exact) mass is 269 g/mol. The molecule has 1 aromatic carbocycles. The molecule has 2 aromatic rings. The van der Waals surface area contributed by atoms with E-state index in [-0.39, 0.29) is 11.8 Å². The van der Waals surface area contributed by atoms with E-state index in [1.807, 2.05) is 50.2 Å². The molecule has 104 valence electrons. The van der Waals surface area contributed by atoms with Crippen LogP contribution in [0.5, 0.6) is 0 Å². The van der Waals surface area contributed by atoms with E-state index < -0.39 is 0 Å². The fourth-order valence-electron chi connectivity index (χ4n) is 2.04. The normalized spacial score (nSPS) is 11.9. The first kappa shape index (κ1) is 14.1. The van der Waals surface area contributed by atoms with Crippen LogP contribution in [0.1, 0.15) is 30.5 Å². The van der Waals surface area contributed by atoms with Crippen LogP contribution < -0.4 is 11.1 Å². The molecule has 0 bridgehead atoms. The summed E-state index contributed by atoms with van der Waals surface area (Å²) in [5.74, 6) is 0.137. The van der Waals surface area contributed by atoms with Gasteiger partial charge >= 0.3 is 0 Å². The molecular formula is C16H19N3O. The highest BCUT2D eigenvalue weighted by Crippen LogP contribution is 2.21. The van der Waals surface area contributed by atoms with Gasteiger partial charge in [0.1, 0.15) is 0 Å². The number of pyridine rings is 1. The summed E-state index contributed by atoms with van der Waals surface area (Å²) in [5, 5.41) is 2.90. The summed E-state index contributed by atoms with van der Waals surface area (Å²) in [5.41, 5.74) is 9.09. The van der Waals surface area contributed by atoms with Crippen molar-refractivity contribution in [3.8, 4) is 0 Å². The van der Waals surface area contributed by atoms with Crippen LogP contribution in [0.3, 0.4) is 0 Å². The van der Waals surface area contributed by atoms with Gasteiger partial charge in [0.05, 0.1) is 11.4 Å². The topological polar surface area (TPSA) is 68.0 Å². The number of hydrogen-bond donors (Lipinski definition) is 2. The zero-order valence-corrected chi connectivity index (χ0v) is 11.8. The maximum atomic E-state index is 12.1. The van der Waals surface area contributed by atoms with Crippen molar-refractivity contribution in [3.05, 3.63) is 53.9 Å². The lowest BCUT2D eigenvalue weighted by Crippen LogP contribution is -2.15. The second-order valence-corrected chi connectivity index (χ2v) is 4.96. The molecule has 4 nitrogen and oxygen atoms in total. The maximum Gasteiger partial charge on any atom is 0.225 e. The zero-order chi connectivity index (χ0) is 14.5. The summed E-state index contributed by atoms with van der Waals surface area (Å²) < 4.78 is 0. The molecule has 0 aliphatic carbocycles. The van der Waals surface area contributed by atoms with E-state index in [9.17, 15) is 4.79 Å². The summed E-state index contributed by atoms with van der Waals surface area (Å²) in [6.45, 7) is 3.90. The van der Waals surface area contributed by atoms with Gasteiger partial charge in [0.15, 0.2) is 0 Å². The van der Waals surface area contributed by atoms with Crippen LogP contribution in [0.2, 0.25) is 0 Å². The highest BCUT2D eigenvalue weighted by molar-refractivity contribution is 5.91. The van der Waals surface area contributed by atoms with Crippen LogP contribution in [0.15, 0.2) is 42.6 Å². The Morgan fingerprint density at radius 2 is 2.00 bits per heavy atom. The molecule has 0 aliphatic heterocycles. The Hall–Kier alpha value is -2.36. The number of nitrogens with zero attached hydrogens (tertiary/aromatic N) is 1. The SMILES string of the molecule is Cc1ncccc1NC(=O)CC(C)c1ccc(N)cc1. The molecule has 1 amide bonds. The van der Waals surface area contributed by atoms with Crippen LogP contribution in [-0.4, -0.2) is 10.9 Å². The van der Waals surface area contributed by atoms with Gasteiger partial charge in [0, 0.05) is 18.3 Å². The first-order chi connectivity index (χ1) is 9.56. The molecule has 0 fully saturated rings. The Balaban J connectivity index is 1.98. The van der Waals surface area contributed by atoms with E-state index in [1.54, 1.807) is 6.20 Å². The van der Waals surface area contributed by atoms with Gasteiger partial charge in [0.2, 0.25) is 5.91 Å². The van der Waals surface area contributed by atoms with Crippen LogP contribution in [-0.2, 0) is 4.79 Å². The number of nitrogen functional groups attached to an aromatic ring is 1. The number of anilines is 2. The fourth-order valence-corrected chi connectivity index (χ4v) is 2.04. The zero-order valence-electron chi connectivity index (χ0n) is 11.8. The molecule has 1 unspecified atom stereocenters. The number of carbonyl (C=O) groups is 1. The number of benzene rings is 1. The Morgan fingerprint density at radius 3 is 2.65 bits per heavy atom. The van der Waals surface area contributed by atoms with E-state index in [0.29, 0.717) is 6.42 Å². The summed E-state index contributed by atoms with van der Waals surface area (Å²) >= 11 is 0. The van der Waals surface area contributed by atoms with Gasteiger partial charge in [-0.2, -0.15) is 0 Å². The minimum atomic E-state index is -0.00887. The molecule has 1 aromatic heterocycles. The third-order valence-electron chi connectivity index (χ3n) is 3.28. The standard InChI is InChI=1S/C16H19N3O/c1-11(13-5-7-14(17)8-6-13)10-16(20)19-15-4-3-9-18-12(15)2/h3-9,11H,10,17H2,1-2H3,(H,19,20). The number of nitrogens with two attached hydrogens (primary N) is 1. The van der Waals surface area contributed by atoms with Crippen molar-refractivity contribution in [2.75, 3.05) is 11.1 Å². The molecule has 0 spiro atoms. The Bertz CT molecular complexity index is 593. The molecule has 2 rings (SSSR count). The van der Waals surface area contributed by atoms with E-state index in [2.05, 4.69) is 10.3 Å². The predicted molar refractivity (Wildman–Crippen MR) is 81.5 cm³/mol. The maximum absolute atomic E-state index is 12.1. The second-order valence-electron chi connectivity index (χ2n) is 4.96. The van der Waals surface area contributed by atoms with Crippen molar-refractivity contribution in [2.24, 2.45) is 0 Å². The summed E-state index contributed by atoms with van der Waals surface area (Å²) in [6.07, 6.45) is 2.14. The van der Waals surface area contributed by atoms with Gasteiger partial charge in [-0.15, -0.1) is 0 Å². The van der Waals surface area contributed by atoms with E-state index in [0.717, 1.165) is 22.6 Å². The van der Waals surface area contributed by atoms with E-state index >= 15 is 0 Å². The molecule has 1 atom stereocenters. The van der Waals surface area contributed by atoms with Crippen LogP contribution in [0.25, 0.3) is 0 Å². The van der Waals surface area contributed by atoms with Gasteiger partial charge in [-0.05, 0) is 42.7 Å². The minimum Gasteiger partial charge on any atom is -0.399 e. The van der Waals surface area contributed by atoms with Crippen molar-refractivity contribution >= 4 is 17.3 Å². The molecule has 0 saturated heterocycles. The van der Waals surface area contributed by atoms with Gasteiger partial charge in [-0.3, -0.25) is 9.78 Å². The number of aryl methyl sites for hydroxylation is 1. The lowest BCUT2D eigenvalue weighted by molar-refractivity contribution is -0.116. The lowest BCUT2D eigenvalue weighted by Gasteiger charge is -2.13. The van der Waals surface area contributed by atoms with Gasteiger partial charge in [-0.1, -0.05) is 19.1 Å². The second kappa shape index (κ2) is 6.19. The van der Waals surface area contributed by atoms with Crippen LogP contribution in [0.4, 0.5) is 11.4 Å². The number of nitrogens with one attached hydrogen (secondary N) is 1. The van der Waals surface area contributed by atoms with Crippen LogP contribution >= 0.6 is 0 Å². The summed E-state index contributed by atoms with van der Waals surface area (Å²) in [4.78, 5) is 16.2. The lowest BCUT2D eigenvalue weighted by atomic mass is 9.97. The minimum absolute atomic E-state index is 0.00887. The number of hydrogen-bond acceptors (Lipinski definition) is 3. The molecule has 0 saturated carbocycles. The van der Waals surface area contributed by atoms with Crippen molar-refractivity contribution < 1.29 is 4.79 Å². The first-order valence-corrected chi connectivity index (χ1v) is 6.63. The van der Waals surface area contributed by atoms with Gasteiger partial charge < -0.3 is 11.1 Å². The van der Waals surface area contributed by atoms with E-state index in [1.165, 1.54) is 0 Å². The smallest absolute Gasteiger partial charge is 0.225 e. The van der Waals surface area contributed by atoms with Crippen LogP contribution in [0, 0.1) is 6.92 Å². The van der Waals surface area contributed by atoms with Crippen molar-refractivity contribution in [1.29, 1.82) is 0 Å². The molecule has 1 heterocycles. The number of aromatic nitrogens is 1. The molecule has 3 N–H and O–H groups in total. The average molecular weight is 269 g/mol. The van der Waals surface area contributed by atoms with Gasteiger partial charge in [-0.25, -0.2) is 0 Å². The Kier molecular flexibility index (Phi) is 4.35. The number of amides is 1. The van der Waals surface area contributed by atoms with Crippen molar-refractivity contribution in [1.82, 2.24) is 4.98 Å². The Morgan fingerprint density at radius 1 is 1.30 bits per heavy atom. The number of rotatable bonds is 4. The highest BCUT2D eigenvalue weighted by Gasteiger charge is 2.12. The quantitative estimate of drug-likeness (QED) is 0.838. The summed E-state index contributed by atoms with van der Waals surface area (Å²) in [6, 6.07) is 11.3. The molecule has 0 aliphatic rings. The van der Waals surface area contributed by atoms with Gasteiger partial charge in [0.25, 0.3) is 0 Å². The molecule has 0 radical (unpaired) electrons. The van der Waals surface area contributed by atoms with Crippen molar-refractivity contribution in [2.45, 2.75) is 26.2 Å². The average Bonchev–Trinajstić information content (AvgIpc) is 2.42. The molecule has 4 heteroatoms. The molecule has 20 heavy (non-hydrogen) atoms. The summed E-state index contributed by atoms with van der Waals surface area (Å²) in [7, 11) is 0. The predicted octanol–water partition coefficient (Wildman–Crippen LogP) is 3.10. The third kappa shape index (κ3) is 3.57. The fraction of sp³-hybridized carbons (Fsp3) is 0.250. The van der Waals surface area contributed by atoms with Crippen molar-refractivity contribution in [3.63, 3.8) is 0 Å². The Labute approximate surface area is 119 Å². The first-order valence-electron chi connectivity index (χ1n) is 6.63. The number of carbonyl (C=O) groups excluding carboxylic acids is 1. The van der Waals surface area contributed by atoms with E-state index in [4.69, 9.17) is 5.73 Å². The highest BCUT2D eigenvalue weighted by atomic mass is 16.1. The largest absolute Gasteiger partial charge is 0.399 e. The molecular weight excluding hydrogens is 250 g/mol.